The number of aliphatic hydroxyl groups excluding tert-OH is 1. The van der Waals surface area contributed by atoms with Crippen LogP contribution in [0.15, 0.2) is 33.8 Å². The molecule has 5 nitrogen and oxygen atoms in total. The first-order valence-corrected chi connectivity index (χ1v) is 6.92. The lowest BCUT2D eigenvalue weighted by molar-refractivity contribution is 0.272. The lowest BCUT2D eigenvalue weighted by Gasteiger charge is -1.98. The van der Waals surface area contributed by atoms with E-state index in [-0.39, 0.29) is 6.61 Å². The number of hydrogen-bond acceptors (Lipinski definition) is 6. The van der Waals surface area contributed by atoms with Crippen LogP contribution in [0, 0.1) is 6.92 Å². The summed E-state index contributed by atoms with van der Waals surface area (Å²) in [5.41, 5.74) is 1.61. The maximum absolute atomic E-state index is 9.48. The zero-order chi connectivity index (χ0) is 12.5. The Labute approximate surface area is 112 Å². The first-order chi connectivity index (χ1) is 8.78. The Hall–Kier alpha value is -1.44. The van der Waals surface area contributed by atoms with E-state index in [0.29, 0.717) is 0 Å². The minimum atomic E-state index is -0.0503. The molecule has 0 spiro atoms. The number of hydrogen-bond donors (Lipinski definition) is 1. The van der Waals surface area contributed by atoms with Crippen molar-refractivity contribution in [2.75, 3.05) is 0 Å². The van der Waals surface area contributed by atoms with Crippen LogP contribution in [-0.2, 0) is 6.61 Å². The van der Waals surface area contributed by atoms with Gasteiger partial charge in [0.1, 0.15) is 16.5 Å². The van der Waals surface area contributed by atoms with Crippen LogP contribution in [0.4, 0.5) is 0 Å². The Bertz CT molecular complexity index is 691. The number of aliphatic hydroxyl groups is 1. The zero-order valence-corrected chi connectivity index (χ0v) is 11.2. The van der Waals surface area contributed by atoms with E-state index in [1.165, 1.54) is 23.3 Å². The molecule has 0 amide bonds. The van der Waals surface area contributed by atoms with Crippen molar-refractivity contribution in [2.24, 2.45) is 0 Å². The predicted molar refractivity (Wildman–Crippen MR) is 69.9 cm³/mol. The molecule has 0 atom stereocenters. The number of pyridine rings is 1. The van der Waals surface area contributed by atoms with Crippen molar-refractivity contribution >= 4 is 28.9 Å². The van der Waals surface area contributed by atoms with Crippen molar-refractivity contribution in [1.29, 1.82) is 0 Å². The van der Waals surface area contributed by atoms with E-state index in [9.17, 15) is 5.11 Å². The van der Waals surface area contributed by atoms with Crippen LogP contribution >= 0.6 is 23.3 Å². The maximum Gasteiger partial charge on any atom is 0.176 e. The molecule has 92 valence electrons. The summed E-state index contributed by atoms with van der Waals surface area (Å²) in [6.45, 7) is 1.81. The van der Waals surface area contributed by atoms with Crippen molar-refractivity contribution in [3.8, 4) is 0 Å². The fourth-order valence-corrected chi connectivity index (χ4v) is 3.34. The molecule has 0 bridgehead atoms. The third-order valence-corrected chi connectivity index (χ3v) is 4.30. The second-order valence-electron chi connectivity index (χ2n) is 3.66. The summed E-state index contributed by atoms with van der Waals surface area (Å²) in [5, 5.41) is 10.3. The van der Waals surface area contributed by atoms with Crippen LogP contribution in [0.1, 0.15) is 11.5 Å². The fraction of sp³-hybridized carbons (Fsp3) is 0.182. The third kappa shape index (κ3) is 2.00. The molecule has 3 aromatic rings. The summed E-state index contributed by atoms with van der Waals surface area (Å²) >= 11 is 2.78. The first-order valence-electron chi connectivity index (χ1n) is 5.33. The molecule has 0 aliphatic heterocycles. The Balaban J connectivity index is 2.05. The minimum Gasteiger partial charge on any atom is -0.390 e. The van der Waals surface area contributed by atoms with Gasteiger partial charge in [-0.15, -0.1) is 0 Å². The van der Waals surface area contributed by atoms with Gasteiger partial charge in [0.15, 0.2) is 4.34 Å². The normalized spacial score (nSPS) is 11.2. The highest BCUT2D eigenvalue weighted by atomic mass is 32.2. The van der Waals surface area contributed by atoms with Gasteiger partial charge in [-0.05, 0) is 42.4 Å². The minimum absolute atomic E-state index is 0.0503. The monoisotopic (exact) mass is 278 g/mol. The molecule has 0 aromatic carbocycles. The van der Waals surface area contributed by atoms with E-state index in [4.69, 9.17) is 0 Å². The highest BCUT2D eigenvalue weighted by molar-refractivity contribution is 8.00. The number of nitrogens with zero attached hydrogens (tertiary/aromatic N) is 4. The van der Waals surface area contributed by atoms with Gasteiger partial charge in [0, 0.05) is 6.20 Å². The summed E-state index contributed by atoms with van der Waals surface area (Å²) in [6.07, 6.45) is 1.89. The van der Waals surface area contributed by atoms with E-state index in [0.717, 1.165) is 26.5 Å². The average molecular weight is 278 g/mol. The number of imidazole rings is 1. The van der Waals surface area contributed by atoms with E-state index in [2.05, 4.69) is 14.3 Å². The van der Waals surface area contributed by atoms with Crippen LogP contribution in [0.2, 0.25) is 0 Å². The van der Waals surface area contributed by atoms with Gasteiger partial charge in [-0.1, -0.05) is 6.07 Å². The standard InChI is InChI=1S/C11H10N4OS2/c1-7-12-11(18-14-7)17-10-8(6-16)15-5-3-2-4-9(15)13-10/h2-5,16H,6H2,1H3. The Kier molecular flexibility index (Phi) is 3.02. The van der Waals surface area contributed by atoms with E-state index >= 15 is 0 Å². The molecule has 3 heterocycles. The zero-order valence-electron chi connectivity index (χ0n) is 9.57. The average Bonchev–Trinajstić information content (AvgIpc) is 2.92. The van der Waals surface area contributed by atoms with Gasteiger partial charge in [0.25, 0.3) is 0 Å². The highest BCUT2D eigenvalue weighted by Gasteiger charge is 2.14. The summed E-state index contributed by atoms with van der Waals surface area (Å²) in [5.74, 6) is 0.761. The molecule has 3 rings (SSSR count). The molecule has 18 heavy (non-hydrogen) atoms. The van der Waals surface area contributed by atoms with Crippen LogP contribution in [0.5, 0.6) is 0 Å². The molecular formula is C11H10N4OS2. The van der Waals surface area contributed by atoms with Crippen molar-refractivity contribution in [2.45, 2.75) is 22.9 Å². The largest absolute Gasteiger partial charge is 0.390 e. The van der Waals surface area contributed by atoms with E-state index < -0.39 is 0 Å². The number of fused-ring (bicyclic) bond motifs is 1. The fourth-order valence-electron chi connectivity index (χ4n) is 1.65. The lowest BCUT2D eigenvalue weighted by atomic mass is 10.4. The van der Waals surface area contributed by atoms with Gasteiger partial charge in [0.05, 0.1) is 12.3 Å². The Morgan fingerprint density at radius 2 is 2.28 bits per heavy atom. The predicted octanol–water partition coefficient (Wildman–Crippen LogP) is 2.14. The summed E-state index contributed by atoms with van der Waals surface area (Å²) in [6, 6.07) is 5.75. The number of rotatable bonds is 3. The molecule has 3 aromatic heterocycles. The topological polar surface area (TPSA) is 63.3 Å². The van der Waals surface area contributed by atoms with E-state index in [1.54, 1.807) is 0 Å². The van der Waals surface area contributed by atoms with E-state index in [1.807, 2.05) is 35.7 Å². The summed E-state index contributed by atoms with van der Waals surface area (Å²) in [7, 11) is 0. The Morgan fingerprint density at radius 3 is 3.00 bits per heavy atom. The highest BCUT2D eigenvalue weighted by Crippen LogP contribution is 2.31. The maximum atomic E-state index is 9.48. The third-order valence-electron chi connectivity index (χ3n) is 2.43. The molecule has 0 saturated heterocycles. The molecule has 0 unspecified atom stereocenters. The quantitative estimate of drug-likeness (QED) is 0.795. The van der Waals surface area contributed by atoms with Crippen LogP contribution in [0.25, 0.3) is 5.65 Å². The molecule has 0 aliphatic carbocycles. The van der Waals surface area contributed by atoms with Crippen molar-refractivity contribution in [3.05, 3.63) is 35.9 Å². The SMILES string of the molecule is Cc1nsc(Sc2nc3ccccn3c2CO)n1. The van der Waals surface area contributed by atoms with Crippen LogP contribution in [-0.4, -0.2) is 23.8 Å². The molecule has 7 heteroatoms. The first kappa shape index (κ1) is 11.6. The van der Waals surface area contributed by atoms with Gasteiger partial charge in [-0.3, -0.25) is 0 Å². The smallest absolute Gasteiger partial charge is 0.176 e. The second-order valence-corrected chi connectivity index (χ2v) is 5.65. The number of aryl methyl sites for hydroxylation is 1. The van der Waals surface area contributed by atoms with Crippen molar-refractivity contribution in [1.82, 2.24) is 18.7 Å². The summed E-state index contributed by atoms with van der Waals surface area (Å²) < 4.78 is 6.86. The molecule has 1 N–H and O–H groups in total. The van der Waals surface area contributed by atoms with Gasteiger partial charge >= 0.3 is 0 Å². The molecule has 0 radical (unpaired) electrons. The van der Waals surface area contributed by atoms with Gasteiger partial charge in [-0.2, -0.15) is 4.37 Å². The summed E-state index contributed by atoms with van der Waals surface area (Å²) in [4.78, 5) is 8.78. The Morgan fingerprint density at radius 1 is 1.39 bits per heavy atom. The van der Waals surface area contributed by atoms with Crippen molar-refractivity contribution in [3.63, 3.8) is 0 Å². The lowest BCUT2D eigenvalue weighted by Crippen LogP contribution is -1.92. The molecule has 0 saturated carbocycles. The van der Waals surface area contributed by atoms with Crippen LogP contribution < -0.4 is 0 Å². The van der Waals surface area contributed by atoms with Crippen LogP contribution in [0.3, 0.4) is 0 Å². The van der Waals surface area contributed by atoms with Gasteiger partial charge in [-0.25, -0.2) is 9.97 Å². The molecule has 0 fully saturated rings. The van der Waals surface area contributed by atoms with Crippen molar-refractivity contribution < 1.29 is 5.11 Å². The number of aromatic nitrogens is 4. The molecular weight excluding hydrogens is 268 g/mol. The second kappa shape index (κ2) is 4.68. The van der Waals surface area contributed by atoms with Gasteiger partial charge < -0.3 is 9.51 Å². The molecule has 0 aliphatic rings. The van der Waals surface area contributed by atoms with Gasteiger partial charge in [0.2, 0.25) is 0 Å².